The summed E-state index contributed by atoms with van der Waals surface area (Å²) in [5, 5.41) is 3.46. The Balaban J connectivity index is 1.80. The number of piperazine rings is 1. The van der Waals surface area contributed by atoms with E-state index in [1.54, 1.807) is 0 Å². The first-order chi connectivity index (χ1) is 6.84. The van der Waals surface area contributed by atoms with Gasteiger partial charge in [-0.25, -0.2) is 0 Å². The standard InChI is InChI=1S/C11H20N2O/c1-10-7-13(5-4-12-10)8-11-3-2-6-14-9-11/h3,10,12H,2,4-9H2,1H3. The second-order valence-electron chi connectivity index (χ2n) is 4.29. The van der Waals surface area contributed by atoms with Gasteiger partial charge in [-0.15, -0.1) is 0 Å². The minimum absolute atomic E-state index is 0.633. The second-order valence-corrected chi connectivity index (χ2v) is 4.29. The average molecular weight is 196 g/mol. The highest BCUT2D eigenvalue weighted by Gasteiger charge is 2.16. The van der Waals surface area contributed by atoms with Gasteiger partial charge in [0.05, 0.1) is 13.2 Å². The van der Waals surface area contributed by atoms with Crippen LogP contribution in [0.25, 0.3) is 0 Å². The lowest BCUT2D eigenvalue weighted by Gasteiger charge is -2.32. The first-order valence-electron chi connectivity index (χ1n) is 5.56. The van der Waals surface area contributed by atoms with Crippen molar-refractivity contribution in [2.24, 2.45) is 0 Å². The third-order valence-corrected chi connectivity index (χ3v) is 2.86. The van der Waals surface area contributed by atoms with Crippen LogP contribution in [0, 0.1) is 0 Å². The van der Waals surface area contributed by atoms with Gasteiger partial charge in [0.25, 0.3) is 0 Å². The largest absolute Gasteiger partial charge is 0.377 e. The van der Waals surface area contributed by atoms with Crippen LogP contribution in [0.15, 0.2) is 11.6 Å². The summed E-state index contributed by atoms with van der Waals surface area (Å²) in [4.78, 5) is 2.52. The maximum Gasteiger partial charge on any atom is 0.0689 e. The fourth-order valence-electron chi connectivity index (χ4n) is 2.16. The minimum atomic E-state index is 0.633. The summed E-state index contributed by atoms with van der Waals surface area (Å²) in [6.45, 7) is 8.55. The lowest BCUT2D eigenvalue weighted by molar-refractivity contribution is 0.137. The second kappa shape index (κ2) is 4.91. The van der Waals surface area contributed by atoms with Crippen molar-refractivity contribution >= 4 is 0 Å². The normalized spacial score (nSPS) is 30.1. The Morgan fingerprint density at radius 3 is 3.29 bits per heavy atom. The Bertz CT molecular complexity index is 215. The zero-order valence-electron chi connectivity index (χ0n) is 8.96. The van der Waals surface area contributed by atoms with Gasteiger partial charge < -0.3 is 10.1 Å². The summed E-state index contributed by atoms with van der Waals surface area (Å²) in [6.07, 6.45) is 3.44. The maximum atomic E-state index is 5.44. The van der Waals surface area contributed by atoms with E-state index in [1.165, 1.54) is 12.1 Å². The highest BCUT2D eigenvalue weighted by molar-refractivity contribution is 5.07. The van der Waals surface area contributed by atoms with Crippen molar-refractivity contribution in [1.82, 2.24) is 10.2 Å². The van der Waals surface area contributed by atoms with Gasteiger partial charge in [-0.3, -0.25) is 4.90 Å². The molecule has 0 aromatic rings. The van der Waals surface area contributed by atoms with Crippen molar-refractivity contribution in [2.45, 2.75) is 19.4 Å². The van der Waals surface area contributed by atoms with E-state index in [9.17, 15) is 0 Å². The summed E-state index contributed by atoms with van der Waals surface area (Å²) >= 11 is 0. The molecule has 1 N–H and O–H groups in total. The monoisotopic (exact) mass is 196 g/mol. The molecule has 1 saturated heterocycles. The van der Waals surface area contributed by atoms with Gasteiger partial charge in [0.1, 0.15) is 0 Å². The van der Waals surface area contributed by atoms with E-state index in [0.717, 1.165) is 39.3 Å². The molecule has 3 nitrogen and oxygen atoms in total. The van der Waals surface area contributed by atoms with E-state index in [-0.39, 0.29) is 0 Å². The van der Waals surface area contributed by atoms with Gasteiger partial charge in [0.15, 0.2) is 0 Å². The van der Waals surface area contributed by atoms with Crippen LogP contribution in [0.5, 0.6) is 0 Å². The zero-order valence-corrected chi connectivity index (χ0v) is 8.96. The number of hydrogen-bond acceptors (Lipinski definition) is 3. The van der Waals surface area contributed by atoms with Gasteiger partial charge in [0.2, 0.25) is 0 Å². The molecule has 80 valence electrons. The summed E-state index contributed by atoms with van der Waals surface area (Å²) in [7, 11) is 0. The van der Waals surface area contributed by atoms with E-state index in [1.807, 2.05) is 0 Å². The fraction of sp³-hybridized carbons (Fsp3) is 0.818. The molecule has 2 heterocycles. The highest BCUT2D eigenvalue weighted by Crippen LogP contribution is 2.09. The van der Waals surface area contributed by atoms with Crippen LogP contribution in [-0.4, -0.2) is 50.3 Å². The van der Waals surface area contributed by atoms with Crippen LogP contribution in [0.1, 0.15) is 13.3 Å². The van der Waals surface area contributed by atoms with Crippen LogP contribution in [0.2, 0.25) is 0 Å². The summed E-state index contributed by atoms with van der Waals surface area (Å²) < 4.78 is 5.44. The fourth-order valence-corrected chi connectivity index (χ4v) is 2.16. The number of rotatable bonds is 2. The van der Waals surface area contributed by atoms with Crippen molar-refractivity contribution in [3.63, 3.8) is 0 Å². The summed E-state index contributed by atoms with van der Waals surface area (Å²) in [5.41, 5.74) is 1.46. The van der Waals surface area contributed by atoms with Gasteiger partial charge in [-0.1, -0.05) is 6.08 Å². The predicted molar refractivity (Wildman–Crippen MR) is 57.4 cm³/mol. The average Bonchev–Trinajstić information content (AvgIpc) is 2.19. The van der Waals surface area contributed by atoms with Crippen molar-refractivity contribution < 1.29 is 4.74 Å². The molecule has 0 aromatic heterocycles. The molecule has 0 saturated carbocycles. The summed E-state index contributed by atoms with van der Waals surface area (Å²) in [6, 6.07) is 0.633. The molecule has 0 spiro atoms. The van der Waals surface area contributed by atoms with Crippen molar-refractivity contribution in [3.8, 4) is 0 Å². The predicted octanol–water partition coefficient (Wildman–Crippen LogP) is 0.627. The first kappa shape index (κ1) is 10.1. The van der Waals surface area contributed by atoms with E-state index >= 15 is 0 Å². The van der Waals surface area contributed by atoms with E-state index in [4.69, 9.17) is 4.74 Å². The molecule has 14 heavy (non-hydrogen) atoms. The molecule has 0 aromatic carbocycles. The van der Waals surface area contributed by atoms with E-state index < -0.39 is 0 Å². The van der Waals surface area contributed by atoms with Crippen molar-refractivity contribution in [2.75, 3.05) is 39.4 Å². The van der Waals surface area contributed by atoms with Crippen LogP contribution < -0.4 is 5.32 Å². The van der Waals surface area contributed by atoms with Crippen molar-refractivity contribution in [3.05, 3.63) is 11.6 Å². The Hall–Kier alpha value is -0.380. The Labute approximate surface area is 86.1 Å². The van der Waals surface area contributed by atoms with Crippen LogP contribution in [-0.2, 0) is 4.74 Å². The number of hydrogen-bond donors (Lipinski definition) is 1. The summed E-state index contributed by atoms with van der Waals surface area (Å²) in [5.74, 6) is 0. The zero-order chi connectivity index (χ0) is 9.80. The molecule has 1 unspecified atom stereocenters. The number of nitrogens with one attached hydrogen (secondary N) is 1. The van der Waals surface area contributed by atoms with Gasteiger partial charge in [-0.2, -0.15) is 0 Å². The Kier molecular flexibility index (Phi) is 3.56. The van der Waals surface area contributed by atoms with E-state index in [0.29, 0.717) is 6.04 Å². The molecule has 0 bridgehead atoms. The Morgan fingerprint density at radius 1 is 1.64 bits per heavy atom. The molecule has 2 rings (SSSR count). The van der Waals surface area contributed by atoms with Gasteiger partial charge in [-0.05, 0) is 18.9 Å². The molecule has 0 radical (unpaired) electrons. The molecular weight excluding hydrogens is 176 g/mol. The molecule has 0 aliphatic carbocycles. The SMILES string of the molecule is CC1CN(CC2=CCCOC2)CCN1. The molecular formula is C11H20N2O. The Morgan fingerprint density at radius 2 is 2.57 bits per heavy atom. The third kappa shape index (κ3) is 2.80. The number of ether oxygens (including phenoxy) is 1. The van der Waals surface area contributed by atoms with Gasteiger partial charge >= 0.3 is 0 Å². The van der Waals surface area contributed by atoms with Crippen molar-refractivity contribution in [1.29, 1.82) is 0 Å². The topological polar surface area (TPSA) is 24.5 Å². The lowest BCUT2D eigenvalue weighted by atomic mass is 10.1. The molecule has 1 fully saturated rings. The quantitative estimate of drug-likeness (QED) is 0.656. The smallest absolute Gasteiger partial charge is 0.0689 e. The molecule has 2 aliphatic heterocycles. The highest BCUT2D eigenvalue weighted by atomic mass is 16.5. The number of nitrogens with zero attached hydrogens (tertiary/aromatic N) is 1. The molecule has 1 atom stereocenters. The molecule has 3 heteroatoms. The first-order valence-corrected chi connectivity index (χ1v) is 5.56. The van der Waals surface area contributed by atoms with Crippen LogP contribution in [0.4, 0.5) is 0 Å². The van der Waals surface area contributed by atoms with Gasteiger partial charge in [0, 0.05) is 32.2 Å². The maximum absolute atomic E-state index is 5.44. The van der Waals surface area contributed by atoms with Crippen LogP contribution >= 0.6 is 0 Å². The molecule has 0 amide bonds. The molecule has 2 aliphatic rings. The third-order valence-electron chi connectivity index (χ3n) is 2.86. The van der Waals surface area contributed by atoms with E-state index in [2.05, 4.69) is 23.2 Å². The lowest BCUT2D eigenvalue weighted by Crippen LogP contribution is -2.49. The minimum Gasteiger partial charge on any atom is -0.377 e. The van der Waals surface area contributed by atoms with Crippen LogP contribution in [0.3, 0.4) is 0 Å².